The standard InChI is InChI=1S/C24H37N3O2/c1-3-4-5-6-7-8-9-10-11-12-23(28)27-26-19(2)20-15-17-22(18-16-20)25-24(29)21-13-14-21/h15-18,21H,3-14H2,1-2H3,(H,25,29)(H,27,28). The number of rotatable bonds is 14. The zero-order chi connectivity index (χ0) is 20.9. The predicted molar refractivity (Wildman–Crippen MR) is 120 cm³/mol. The molecule has 2 N–H and O–H groups in total. The van der Waals surface area contributed by atoms with Crippen LogP contribution in [0.15, 0.2) is 29.4 Å². The van der Waals surface area contributed by atoms with Gasteiger partial charge in [0.15, 0.2) is 0 Å². The number of amides is 2. The van der Waals surface area contributed by atoms with Gasteiger partial charge in [-0.3, -0.25) is 9.59 Å². The monoisotopic (exact) mass is 399 g/mol. The molecule has 0 heterocycles. The summed E-state index contributed by atoms with van der Waals surface area (Å²) in [5, 5.41) is 7.13. The molecule has 0 aromatic heterocycles. The van der Waals surface area contributed by atoms with Crippen molar-refractivity contribution in [3.05, 3.63) is 29.8 Å². The van der Waals surface area contributed by atoms with E-state index < -0.39 is 0 Å². The predicted octanol–water partition coefficient (Wildman–Crippen LogP) is 5.80. The zero-order valence-electron chi connectivity index (χ0n) is 18.1. The Bertz CT molecular complexity index is 663. The lowest BCUT2D eigenvalue weighted by molar-refractivity contribution is -0.121. The van der Waals surface area contributed by atoms with Gasteiger partial charge in [-0.2, -0.15) is 5.10 Å². The molecule has 1 aromatic rings. The van der Waals surface area contributed by atoms with Crippen LogP contribution in [0.25, 0.3) is 0 Å². The summed E-state index contributed by atoms with van der Waals surface area (Å²) < 4.78 is 0. The molecule has 1 saturated carbocycles. The van der Waals surface area contributed by atoms with Crippen LogP contribution in [0.3, 0.4) is 0 Å². The van der Waals surface area contributed by atoms with Gasteiger partial charge in [0.1, 0.15) is 0 Å². The van der Waals surface area contributed by atoms with Crippen LogP contribution in [0.2, 0.25) is 0 Å². The molecule has 160 valence electrons. The topological polar surface area (TPSA) is 70.6 Å². The fraction of sp³-hybridized carbons (Fsp3) is 0.625. The molecule has 1 aliphatic rings. The van der Waals surface area contributed by atoms with E-state index >= 15 is 0 Å². The molecule has 0 atom stereocenters. The molecule has 1 aromatic carbocycles. The zero-order valence-corrected chi connectivity index (χ0v) is 18.1. The van der Waals surface area contributed by atoms with Gasteiger partial charge in [-0.1, -0.05) is 70.4 Å². The van der Waals surface area contributed by atoms with Crippen molar-refractivity contribution < 1.29 is 9.59 Å². The summed E-state index contributed by atoms with van der Waals surface area (Å²) in [7, 11) is 0. The maximum Gasteiger partial charge on any atom is 0.240 e. The number of unbranched alkanes of at least 4 members (excludes halogenated alkanes) is 8. The molecule has 0 aliphatic heterocycles. The summed E-state index contributed by atoms with van der Waals surface area (Å²) in [5.41, 5.74) is 5.14. The molecular formula is C24H37N3O2. The number of carbonyl (C=O) groups excluding carboxylic acids is 2. The van der Waals surface area contributed by atoms with E-state index in [1.165, 1.54) is 44.9 Å². The van der Waals surface area contributed by atoms with Gasteiger partial charge in [-0.25, -0.2) is 5.43 Å². The first-order chi connectivity index (χ1) is 14.1. The summed E-state index contributed by atoms with van der Waals surface area (Å²) in [6, 6.07) is 7.57. The Balaban J connectivity index is 1.59. The van der Waals surface area contributed by atoms with Crippen LogP contribution in [0.4, 0.5) is 5.69 Å². The minimum absolute atomic E-state index is 0.0272. The van der Waals surface area contributed by atoms with Crippen molar-refractivity contribution in [2.75, 3.05) is 5.32 Å². The Labute approximate surface area is 175 Å². The Morgan fingerprint density at radius 1 is 0.931 bits per heavy atom. The van der Waals surface area contributed by atoms with E-state index in [1.807, 2.05) is 31.2 Å². The van der Waals surface area contributed by atoms with Gasteiger partial charge >= 0.3 is 0 Å². The SMILES string of the molecule is CCCCCCCCCCCC(=O)NN=C(C)c1ccc(NC(=O)C2CC2)cc1. The van der Waals surface area contributed by atoms with Crippen LogP contribution < -0.4 is 10.7 Å². The van der Waals surface area contributed by atoms with Crippen molar-refractivity contribution in [1.29, 1.82) is 0 Å². The third-order valence-electron chi connectivity index (χ3n) is 5.37. The molecule has 0 bridgehead atoms. The number of anilines is 1. The Kier molecular flexibility index (Phi) is 10.5. The molecule has 1 fully saturated rings. The fourth-order valence-corrected chi connectivity index (χ4v) is 3.25. The van der Waals surface area contributed by atoms with Crippen molar-refractivity contribution in [3.63, 3.8) is 0 Å². The van der Waals surface area contributed by atoms with Gasteiger partial charge in [0, 0.05) is 18.0 Å². The highest BCUT2D eigenvalue weighted by Crippen LogP contribution is 2.30. The first kappa shape index (κ1) is 23.1. The van der Waals surface area contributed by atoms with Crippen LogP contribution in [0.1, 0.15) is 96.5 Å². The highest BCUT2D eigenvalue weighted by atomic mass is 16.2. The van der Waals surface area contributed by atoms with Crippen LogP contribution in [-0.2, 0) is 9.59 Å². The molecule has 0 saturated heterocycles. The minimum atomic E-state index is -0.0272. The van der Waals surface area contributed by atoms with Gasteiger partial charge in [0.2, 0.25) is 11.8 Å². The molecule has 2 rings (SSSR count). The summed E-state index contributed by atoms with van der Waals surface area (Å²) in [6.45, 7) is 4.11. The highest BCUT2D eigenvalue weighted by Gasteiger charge is 2.29. The maximum absolute atomic E-state index is 12.0. The van der Waals surface area contributed by atoms with E-state index in [2.05, 4.69) is 22.8 Å². The summed E-state index contributed by atoms with van der Waals surface area (Å²) >= 11 is 0. The summed E-state index contributed by atoms with van der Waals surface area (Å²) in [4.78, 5) is 23.8. The van der Waals surface area contributed by atoms with Crippen molar-refractivity contribution >= 4 is 23.2 Å². The summed E-state index contributed by atoms with van der Waals surface area (Å²) in [5.74, 6) is 0.270. The van der Waals surface area contributed by atoms with Gasteiger partial charge in [-0.15, -0.1) is 0 Å². The van der Waals surface area contributed by atoms with E-state index in [0.29, 0.717) is 6.42 Å². The number of hydrogen-bond donors (Lipinski definition) is 2. The number of benzene rings is 1. The second-order valence-electron chi connectivity index (χ2n) is 8.15. The third kappa shape index (κ3) is 9.73. The van der Waals surface area contributed by atoms with Crippen molar-refractivity contribution in [1.82, 2.24) is 5.43 Å². The number of carbonyl (C=O) groups is 2. The average molecular weight is 400 g/mol. The van der Waals surface area contributed by atoms with Gasteiger partial charge in [0.05, 0.1) is 5.71 Å². The fourth-order valence-electron chi connectivity index (χ4n) is 3.25. The highest BCUT2D eigenvalue weighted by molar-refractivity contribution is 6.00. The first-order valence-electron chi connectivity index (χ1n) is 11.3. The first-order valence-corrected chi connectivity index (χ1v) is 11.3. The Morgan fingerprint density at radius 3 is 2.10 bits per heavy atom. The van der Waals surface area contributed by atoms with Crippen molar-refractivity contribution in [2.45, 2.75) is 90.9 Å². The van der Waals surface area contributed by atoms with Gasteiger partial charge in [0.25, 0.3) is 0 Å². The quantitative estimate of drug-likeness (QED) is 0.236. The van der Waals surface area contributed by atoms with Gasteiger partial charge in [-0.05, 0) is 43.9 Å². The smallest absolute Gasteiger partial charge is 0.240 e. The number of hydrazone groups is 1. The van der Waals surface area contributed by atoms with Crippen LogP contribution in [0, 0.1) is 5.92 Å². The van der Waals surface area contributed by atoms with Crippen LogP contribution in [0.5, 0.6) is 0 Å². The van der Waals surface area contributed by atoms with Crippen LogP contribution >= 0.6 is 0 Å². The Hall–Kier alpha value is -2.17. The maximum atomic E-state index is 12.0. The third-order valence-corrected chi connectivity index (χ3v) is 5.37. The molecule has 0 spiro atoms. The molecule has 5 heteroatoms. The molecule has 5 nitrogen and oxygen atoms in total. The number of hydrogen-bond acceptors (Lipinski definition) is 3. The molecule has 0 radical (unpaired) electrons. The van der Waals surface area contributed by atoms with E-state index in [9.17, 15) is 9.59 Å². The average Bonchev–Trinajstić information content (AvgIpc) is 3.57. The van der Waals surface area contributed by atoms with Crippen molar-refractivity contribution in [3.8, 4) is 0 Å². The second kappa shape index (κ2) is 13.1. The van der Waals surface area contributed by atoms with E-state index in [-0.39, 0.29) is 17.7 Å². The molecule has 2 amide bonds. The number of nitrogens with zero attached hydrogens (tertiary/aromatic N) is 1. The van der Waals surface area contributed by atoms with Crippen molar-refractivity contribution in [2.24, 2.45) is 11.0 Å². The lowest BCUT2D eigenvalue weighted by Gasteiger charge is -2.06. The molecule has 29 heavy (non-hydrogen) atoms. The van der Waals surface area contributed by atoms with Gasteiger partial charge < -0.3 is 5.32 Å². The minimum Gasteiger partial charge on any atom is -0.326 e. The lowest BCUT2D eigenvalue weighted by atomic mass is 10.1. The molecular weight excluding hydrogens is 362 g/mol. The van der Waals surface area contributed by atoms with E-state index in [0.717, 1.165) is 42.6 Å². The van der Waals surface area contributed by atoms with E-state index in [4.69, 9.17) is 0 Å². The number of nitrogens with one attached hydrogen (secondary N) is 2. The largest absolute Gasteiger partial charge is 0.326 e. The normalized spacial score (nSPS) is 13.9. The lowest BCUT2D eigenvalue weighted by Crippen LogP contribution is -2.18. The molecule has 0 unspecified atom stereocenters. The second-order valence-corrected chi connectivity index (χ2v) is 8.15. The Morgan fingerprint density at radius 2 is 1.52 bits per heavy atom. The summed E-state index contributed by atoms with van der Waals surface area (Å²) in [6.07, 6.45) is 13.7. The van der Waals surface area contributed by atoms with E-state index in [1.54, 1.807) is 0 Å². The molecule has 1 aliphatic carbocycles. The van der Waals surface area contributed by atoms with Crippen LogP contribution in [-0.4, -0.2) is 17.5 Å².